The highest BCUT2D eigenvalue weighted by Crippen LogP contribution is 2.56. The van der Waals surface area contributed by atoms with Gasteiger partial charge in [0, 0.05) is 44.7 Å². The summed E-state index contributed by atoms with van der Waals surface area (Å²) in [6.07, 6.45) is 4.16. The number of rotatable bonds is 13. The van der Waals surface area contributed by atoms with E-state index in [4.69, 9.17) is 0 Å². The Morgan fingerprint density at radius 1 is 0.250 bits per heavy atom. The molecule has 0 radical (unpaired) electrons. The van der Waals surface area contributed by atoms with Gasteiger partial charge in [0.15, 0.2) is 0 Å². The largest absolute Gasteiger partial charge is 0.310 e. The number of hydrogen-bond donors (Lipinski definition) is 0. The fraction of sp³-hybridized carbons (Fsp3) is 0.135. The second-order valence-corrected chi connectivity index (χ2v) is 20.9. The van der Waals surface area contributed by atoms with E-state index in [-0.39, 0.29) is 10.8 Å². The summed E-state index contributed by atoms with van der Waals surface area (Å²) in [7, 11) is 0. The van der Waals surface area contributed by atoms with Gasteiger partial charge in [0.25, 0.3) is 0 Å². The summed E-state index contributed by atoms with van der Waals surface area (Å²) >= 11 is 0. The monoisotopic (exact) mass is 978 g/mol. The first-order valence-corrected chi connectivity index (χ1v) is 27.5. The van der Waals surface area contributed by atoms with Gasteiger partial charge >= 0.3 is 0 Å². The van der Waals surface area contributed by atoms with Crippen molar-refractivity contribution in [2.45, 2.75) is 64.2 Å². The Labute approximate surface area is 449 Å². The van der Waals surface area contributed by atoms with Gasteiger partial charge in [-0.05, 0) is 176 Å². The minimum Gasteiger partial charge on any atom is -0.310 e. The average molecular weight is 979 g/mol. The summed E-state index contributed by atoms with van der Waals surface area (Å²) in [5.41, 5.74) is 25.1. The van der Waals surface area contributed by atoms with Crippen LogP contribution in [0.2, 0.25) is 0 Å². The summed E-state index contributed by atoms with van der Waals surface area (Å²) in [6, 6.07) is 95.1. The highest BCUT2D eigenvalue weighted by Gasteiger charge is 2.42. The zero-order chi connectivity index (χ0) is 51.4. The third kappa shape index (κ3) is 7.53. The molecular weight excluding hydrogens is 917 g/mol. The molecule has 0 atom stereocenters. The summed E-state index contributed by atoms with van der Waals surface area (Å²) in [6.45, 7) is 9.43. The zero-order valence-electron chi connectivity index (χ0n) is 44.0. The smallest absolute Gasteiger partial charge is 0.0540 e. The lowest BCUT2D eigenvalue weighted by molar-refractivity contribution is 0.490. The maximum absolute atomic E-state index is 2.50. The molecule has 0 bridgehead atoms. The molecular formula is C74H62N2. The minimum atomic E-state index is -0.0557. The average Bonchev–Trinajstić information content (AvgIpc) is 3.97. The van der Waals surface area contributed by atoms with E-state index in [1.54, 1.807) is 0 Å². The normalized spacial score (nSPS) is 13.4. The van der Waals surface area contributed by atoms with Gasteiger partial charge in [0.05, 0.1) is 5.69 Å². The van der Waals surface area contributed by atoms with Gasteiger partial charge in [-0.25, -0.2) is 0 Å². The van der Waals surface area contributed by atoms with E-state index in [0.717, 1.165) is 59.8 Å². The second-order valence-electron chi connectivity index (χ2n) is 20.9. The van der Waals surface area contributed by atoms with Crippen LogP contribution in [0.3, 0.4) is 0 Å². The van der Waals surface area contributed by atoms with Crippen molar-refractivity contribution in [2.24, 2.45) is 0 Å². The molecule has 2 heteroatoms. The third-order valence-electron chi connectivity index (χ3n) is 17.4. The molecule has 0 saturated heterocycles. The van der Waals surface area contributed by atoms with Crippen molar-refractivity contribution in [1.29, 1.82) is 0 Å². The molecule has 0 aliphatic heterocycles. The topological polar surface area (TPSA) is 6.48 Å². The molecule has 0 amide bonds. The van der Waals surface area contributed by atoms with Crippen LogP contribution in [0.25, 0.3) is 66.4 Å². The highest BCUT2D eigenvalue weighted by molar-refractivity contribution is 6.06. The summed E-state index contributed by atoms with van der Waals surface area (Å²) < 4.78 is 0. The molecule has 0 spiro atoms. The fourth-order valence-corrected chi connectivity index (χ4v) is 13.5. The molecule has 11 aromatic rings. The number of anilines is 6. The van der Waals surface area contributed by atoms with E-state index in [9.17, 15) is 0 Å². The van der Waals surface area contributed by atoms with Crippen molar-refractivity contribution in [1.82, 2.24) is 0 Å². The zero-order valence-corrected chi connectivity index (χ0v) is 44.0. The molecule has 0 heterocycles. The van der Waals surface area contributed by atoms with E-state index in [2.05, 4.69) is 292 Å². The summed E-state index contributed by atoms with van der Waals surface area (Å²) in [5.74, 6) is 0. The predicted molar refractivity (Wildman–Crippen MR) is 323 cm³/mol. The second kappa shape index (κ2) is 19.2. The lowest BCUT2D eigenvalue weighted by Gasteiger charge is -2.32. The summed E-state index contributed by atoms with van der Waals surface area (Å²) in [4.78, 5) is 4.96. The number of benzene rings is 11. The molecule has 2 aliphatic carbocycles. The van der Waals surface area contributed by atoms with E-state index in [1.165, 1.54) is 88.7 Å². The van der Waals surface area contributed by atoms with Crippen LogP contribution in [0.1, 0.15) is 75.6 Å². The number of hydrogen-bond acceptors (Lipinski definition) is 2. The van der Waals surface area contributed by atoms with Gasteiger partial charge in [-0.2, -0.15) is 0 Å². The van der Waals surface area contributed by atoms with Gasteiger partial charge in [-0.3, -0.25) is 0 Å². The highest BCUT2D eigenvalue weighted by atomic mass is 15.1. The molecule has 0 unspecified atom stereocenters. The van der Waals surface area contributed by atoms with Crippen molar-refractivity contribution in [2.75, 3.05) is 9.80 Å². The van der Waals surface area contributed by atoms with Crippen molar-refractivity contribution in [3.8, 4) is 55.6 Å². The Hall–Kier alpha value is -8.72. The van der Waals surface area contributed by atoms with Crippen LogP contribution in [0.5, 0.6) is 0 Å². The standard InChI is InChI=1S/C74H62N2/c1-5-73(6-2)68-36-17-15-31-63(68)65-45-43-59(49-70(65)73)75(57-29-19-27-54(47-57)51-23-11-9-12-24-51)56-41-39-53(40-42-56)61-33-21-35-67-62(61)34-22-38-72(67)76(58-30-20-28-55(48-58)52-25-13-10-14-26-52)60-44-46-66-64-32-16-18-37-69(64)74(7-3,8-4)71(66)50-60/h9-50H,5-8H2,1-4H3. The summed E-state index contributed by atoms with van der Waals surface area (Å²) in [5, 5.41) is 2.41. The van der Waals surface area contributed by atoms with Crippen LogP contribution >= 0.6 is 0 Å². The molecule has 0 saturated carbocycles. The van der Waals surface area contributed by atoms with Gasteiger partial charge in [-0.15, -0.1) is 0 Å². The van der Waals surface area contributed by atoms with Crippen LogP contribution in [0, 0.1) is 0 Å². The van der Waals surface area contributed by atoms with Gasteiger partial charge < -0.3 is 9.80 Å². The van der Waals surface area contributed by atoms with E-state index in [0.29, 0.717) is 0 Å². The van der Waals surface area contributed by atoms with Gasteiger partial charge in [-0.1, -0.05) is 216 Å². The van der Waals surface area contributed by atoms with Crippen LogP contribution in [-0.2, 0) is 10.8 Å². The predicted octanol–water partition coefficient (Wildman–Crippen LogP) is 21.0. The van der Waals surface area contributed by atoms with Crippen molar-refractivity contribution in [3.63, 3.8) is 0 Å². The number of nitrogens with zero attached hydrogens (tertiary/aromatic N) is 2. The SMILES string of the molecule is CCC1(CC)c2ccccc2-c2ccc(N(c3ccc(-c4cccc5c(N(c6cccc(-c7ccccc7)c6)c6ccc7c(c6)C(CC)(CC)c6ccccc6-7)cccc45)cc3)c3cccc(-c4ccccc4)c3)cc21. The molecule has 11 aromatic carbocycles. The quantitative estimate of drug-likeness (QED) is 0.114. The van der Waals surface area contributed by atoms with Crippen molar-refractivity contribution < 1.29 is 0 Å². The van der Waals surface area contributed by atoms with Crippen molar-refractivity contribution >= 4 is 44.9 Å². The van der Waals surface area contributed by atoms with Crippen LogP contribution in [-0.4, -0.2) is 0 Å². The van der Waals surface area contributed by atoms with Gasteiger partial charge in [0.1, 0.15) is 0 Å². The maximum Gasteiger partial charge on any atom is 0.0540 e. The molecule has 0 aromatic heterocycles. The van der Waals surface area contributed by atoms with Crippen LogP contribution in [0.15, 0.2) is 255 Å². The molecule has 2 aliphatic rings. The van der Waals surface area contributed by atoms with Crippen molar-refractivity contribution in [3.05, 3.63) is 277 Å². The first-order chi connectivity index (χ1) is 37.5. The van der Waals surface area contributed by atoms with E-state index in [1.807, 2.05) is 0 Å². The first kappa shape index (κ1) is 47.0. The Bertz CT molecular complexity index is 3940. The lowest BCUT2D eigenvalue weighted by Crippen LogP contribution is -2.23. The number of fused-ring (bicyclic) bond motifs is 7. The van der Waals surface area contributed by atoms with E-state index < -0.39 is 0 Å². The molecule has 76 heavy (non-hydrogen) atoms. The van der Waals surface area contributed by atoms with Crippen LogP contribution in [0.4, 0.5) is 34.1 Å². The molecule has 368 valence electrons. The Morgan fingerprint density at radius 3 is 1.18 bits per heavy atom. The minimum absolute atomic E-state index is 0.0428. The fourth-order valence-electron chi connectivity index (χ4n) is 13.5. The Morgan fingerprint density at radius 2 is 0.645 bits per heavy atom. The first-order valence-electron chi connectivity index (χ1n) is 27.5. The van der Waals surface area contributed by atoms with E-state index >= 15 is 0 Å². The molecule has 13 rings (SSSR count). The third-order valence-corrected chi connectivity index (χ3v) is 17.4. The Balaban J connectivity index is 0.941. The molecule has 0 N–H and O–H groups in total. The Kier molecular flexibility index (Phi) is 11.9. The van der Waals surface area contributed by atoms with Gasteiger partial charge in [0.2, 0.25) is 0 Å². The maximum atomic E-state index is 2.50. The molecule has 2 nitrogen and oxygen atoms in total. The van der Waals surface area contributed by atoms with Crippen LogP contribution < -0.4 is 9.80 Å². The lowest BCUT2D eigenvalue weighted by atomic mass is 9.74. The molecule has 0 fully saturated rings.